The van der Waals surface area contributed by atoms with Gasteiger partial charge in [0.05, 0.1) is 5.69 Å². The summed E-state index contributed by atoms with van der Waals surface area (Å²) < 4.78 is 1.96. The molecule has 0 saturated heterocycles. The van der Waals surface area contributed by atoms with E-state index in [4.69, 9.17) is 28.5 Å². The van der Waals surface area contributed by atoms with Crippen LogP contribution in [0.2, 0.25) is 10.0 Å². The van der Waals surface area contributed by atoms with Crippen molar-refractivity contribution in [1.29, 1.82) is 5.26 Å². The van der Waals surface area contributed by atoms with E-state index in [0.717, 1.165) is 11.3 Å². The fourth-order valence-corrected chi connectivity index (χ4v) is 2.72. The zero-order chi connectivity index (χ0) is 14.8. The molecule has 1 N–H and O–H groups in total. The number of nitriles is 1. The molecular weight excluding hydrogens is 309 g/mol. The number of hydrogen-bond acceptors (Lipinski definition) is 3. The topological polar surface area (TPSA) is 70.3 Å². The van der Waals surface area contributed by atoms with Crippen molar-refractivity contribution in [2.75, 3.05) is 0 Å². The van der Waals surface area contributed by atoms with Crippen molar-refractivity contribution in [2.24, 2.45) is 0 Å². The van der Waals surface area contributed by atoms with Crippen LogP contribution in [0.15, 0.2) is 36.5 Å². The molecule has 2 heterocycles. The molecule has 0 aliphatic heterocycles. The predicted molar refractivity (Wildman–Crippen MR) is 80.1 cm³/mol. The third-order valence-electron chi connectivity index (χ3n) is 3.00. The average molecular weight is 318 g/mol. The summed E-state index contributed by atoms with van der Waals surface area (Å²) in [7, 11) is 0. The first-order valence-corrected chi connectivity index (χ1v) is 6.84. The SMILES string of the molecule is N#Cc1n[nH]nc1-c1cccn1Cc1cc(Cl)cc(Cl)c1. The highest BCUT2D eigenvalue weighted by atomic mass is 35.5. The average Bonchev–Trinajstić information content (AvgIpc) is 3.04. The molecule has 0 atom stereocenters. The van der Waals surface area contributed by atoms with Crippen LogP contribution in [0.5, 0.6) is 0 Å². The van der Waals surface area contributed by atoms with Crippen LogP contribution in [0.3, 0.4) is 0 Å². The van der Waals surface area contributed by atoms with E-state index in [0.29, 0.717) is 22.3 Å². The van der Waals surface area contributed by atoms with Crippen molar-refractivity contribution in [3.63, 3.8) is 0 Å². The van der Waals surface area contributed by atoms with Gasteiger partial charge in [-0.3, -0.25) is 0 Å². The molecule has 1 aromatic carbocycles. The number of halogens is 2. The molecule has 0 unspecified atom stereocenters. The van der Waals surface area contributed by atoms with Gasteiger partial charge in [0.25, 0.3) is 0 Å². The van der Waals surface area contributed by atoms with Gasteiger partial charge in [-0.25, -0.2) is 0 Å². The molecule has 0 saturated carbocycles. The zero-order valence-electron chi connectivity index (χ0n) is 10.7. The molecule has 104 valence electrons. The Labute approximate surface area is 130 Å². The Morgan fingerprint density at radius 1 is 1.19 bits per heavy atom. The van der Waals surface area contributed by atoms with E-state index >= 15 is 0 Å². The summed E-state index contributed by atoms with van der Waals surface area (Å²) >= 11 is 12.0. The normalized spacial score (nSPS) is 10.5. The lowest BCUT2D eigenvalue weighted by atomic mass is 10.2. The maximum atomic E-state index is 9.04. The van der Waals surface area contributed by atoms with E-state index in [2.05, 4.69) is 15.4 Å². The summed E-state index contributed by atoms with van der Waals surface area (Å²) in [4.78, 5) is 0. The summed E-state index contributed by atoms with van der Waals surface area (Å²) in [5, 5.41) is 20.5. The second kappa shape index (κ2) is 5.60. The van der Waals surface area contributed by atoms with Crippen LogP contribution in [0.4, 0.5) is 0 Å². The number of aromatic nitrogens is 4. The van der Waals surface area contributed by atoms with Crippen molar-refractivity contribution in [1.82, 2.24) is 20.0 Å². The number of H-pyrrole nitrogens is 1. The molecule has 5 nitrogen and oxygen atoms in total. The van der Waals surface area contributed by atoms with E-state index in [1.54, 1.807) is 6.07 Å². The summed E-state index contributed by atoms with van der Waals surface area (Å²) in [5.74, 6) is 0. The number of aromatic amines is 1. The molecule has 0 aliphatic carbocycles. The van der Waals surface area contributed by atoms with Crippen molar-refractivity contribution in [3.05, 3.63) is 57.8 Å². The van der Waals surface area contributed by atoms with Gasteiger partial charge >= 0.3 is 0 Å². The number of rotatable bonds is 3. The molecule has 2 aromatic heterocycles. The first-order chi connectivity index (χ1) is 10.2. The van der Waals surface area contributed by atoms with Crippen LogP contribution < -0.4 is 0 Å². The van der Waals surface area contributed by atoms with Crippen LogP contribution in [-0.2, 0) is 6.54 Å². The Balaban J connectivity index is 1.98. The quantitative estimate of drug-likeness (QED) is 0.803. The van der Waals surface area contributed by atoms with Crippen LogP contribution in [0, 0.1) is 11.3 Å². The standard InChI is InChI=1S/C14H9Cl2N5/c15-10-4-9(5-11(16)6-10)8-21-3-1-2-13(21)14-12(7-17)18-20-19-14/h1-6H,8H2,(H,18,19,20). The summed E-state index contributed by atoms with van der Waals surface area (Å²) in [6, 6.07) is 11.2. The molecule has 0 radical (unpaired) electrons. The van der Waals surface area contributed by atoms with Crippen molar-refractivity contribution >= 4 is 23.2 Å². The van der Waals surface area contributed by atoms with Crippen molar-refractivity contribution in [3.8, 4) is 17.5 Å². The molecule has 21 heavy (non-hydrogen) atoms. The molecule has 7 heteroatoms. The molecule has 0 bridgehead atoms. The smallest absolute Gasteiger partial charge is 0.191 e. The Hall–Kier alpha value is -2.29. The Bertz CT molecular complexity index is 808. The van der Waals surface area contributed by atoms with Gasteiger partial charge in [0.2, 0.25) is 0 Å². The lowest BCUT2D eigenvalue weighted by Crippen LogP contribution is -2.01. The molecular formula is C14H9Cl2N5. The number of benzene rings is 1. The molecule has 0 amide bonds. The van der Waals surface area contributed by atoms with E-state index in [1.165, 1.54) is 0 Å². The lowest BCUT2D eigenvalue weighted by Gasteiger charge is -2.08. The first-order valence-electron chi connectivity index (χ1n) is 6.08. The van der Waals surface area contributed by atoms with Gasteiger partial charge in [-0.05, 0) is 35.9 Å². The number of nitrogens with zero attached hydrogens (tertiary/aromatic N) is 4. The molecule has 3 aromatic rings. The minimum Gasteiger partial charge on any atom is -0.342 e. The third-order valence-corrected chi connectivity index (χ3v) is 3.44. The summed E-state index contributed by atoms with van der Waals surface area (Å²) in [6.07, 6.45) is 1.90. The summed E-state index contributed by atoms with van der Waals surface area (Å²) in [6.45, 7) is 0.570. The van der Waals surface area contributed by atoms with E-state index in [9.17, 15) is 0 Å². The zero-order valence-corrected chi connectivity index (χ0v) is 12.2. The number of hydrogen-bond donors (Lipinski definition) is 1. The maximum Gasteiger partial charge on any atom is 0.191 e. The second-order valence-corrected chi connectivity index (χ2v) is 5.30. The van der Waals surface area contributed by atoms with Crippen LogP contribution in [-0.4, -0.2) is 20.0 Å². The van der Waals surface area contributed by atoms with Gasteiger partial charge in [0.1, 0.15) is 11.8 Å². The monoisotopic (exact) mass is 317 g/mol. The molecule has 3 rings (SSSR count). The molecule has 0 fully saturated rings. The van der Waals surface area contributed by atoms with Gasteiger partial charge in [-0.2, -0.15) is 15.6 Å². The van der Waals surface area contributed by atoms with Crippen LogP contribution in [0.1, 0.15) is 11.3 Å². The minimum absolute atomic E-state index is 0.263. The third kappa shape index (κ3) is 2.77. The number of nitrogens with one attached hydrogen (secondary N) is 1. The molecule has 0 spiro atoms. The highest BCUT2D eigenvalue weighted by molar-refractivity contribution is 6.34. The minimum atomic E-state index is 0.263. The second-order valence-electron chi connectivity index (χ2n) is 4.43. The van der Waals surface area contributed by atoms with Gasteiger partial charge < -0.3 is 4.57 Å². The Kier molecular flexibility index (Phi) is 3.65. The molecule has 0 aliphatic rings. The highest BCUT2D eigenvalue weighted by Crippen LogP contribution is 2.24. The van der Waals surface area contributed by atoms with Gasteiger partial charge in [0, 0.05) is 22.8 Å². The highest BCUT2D eigenvalue weighted by Gasteiger charge is 2.13. The van der Waals surface area contributed by atoms with Crippen LogP contribution >= 0.6 is 23.2 Å². The summed E-state index contributed by atoms with van der Waals surface area (Å²) in [5.41, 5.74) is 2.55. The lowest BCUT2D eigenvalue weighted by molar-refractivity contribution is 0.810. The Morgan fingerprint density at radius 2 is 1.95 bits per heavy atom. The Morgan fingerprint density at radius 3 is 2.67 bits per heavy atom. The van der Waals surface area contributed by atoms with E-state index in [1.807, 2.05) is 41.1 Å². The van der Waals surface area contributed by atoms with E-state index in [-0.39, 0.29) is 5.69 Å². The largest absolute Gasteiger partial charge is 0.342 e. The van der Waals surface area contributed by atoms with Gasteiger partial charge in [-0.1, -0.05) is 23.2 Å². The van der Waals surface area contributed by atoms with Crippen molar-refractivity contribution in [2.45, 2.75) is 6.54 Å². The fourth-order valence-electron chi connectivity index (χ4n) is 2.15. The first kappa shape index (κ1) is 13.7. The van der Waals surface area contributed by atoms with Crippen molar-refractivity contribution < 1.29 is 0 Å². The van der Waals surface area contributed by atoms with Crippen LogP contribution in [0.25, 0.3) is 11.4 Å². The predicted octanol–water partition coefficient (Wildman–Crippen LogP) is 3.50. The fraction of sp³-hybridized carbons (Fsp3) is 0.0714. The van der Waals surface area contributed by atoms with Gasteiger partial charge in [-0.15, -0.1) is 5.10 Å². The van der Waals surface area contributed by atoms with Gasteiger partial charge in [0.15, 0.2) is 5.69 Å². The van der Waals surface area contributed by atoms with E-state index < -0.39 is 0 Å². The maximum absolute atomic E-state index is 9.04.